The Bertz CT molecular complexity index is 964. The Morgan fingerprint density at radius 2 is 1.41 bits per heavy atom. The molecule has 2 N–H and O–H groups in total. The summed E-state index contributed by atoms with van der Waals surface area (Å²) in [5, 5.41) is 0. The molecular formula is C22H27N2O7S-. The van der Waals surface area contributed by atoms with Gasteiger partial charge in [0.2, 0.25) is 0 Å². The summed E-state index contributed by atoms with van der Waals surface area (Å²) in [7, 11) is -3.92. The van der Waals surface area contributed by atoms with Crippen molar-refractivity contribution in [3.63, 3.8) is 0 Å². The first-order valence-corrected chi connectivity index (χ1v) is 11.9. The van der Waals surface area contributed by atoms with Crippen LogP contribution >= 0.6 is 0 Å². The molecule has 0 saturated carbocycles. The second-order valence-electron chi connectivity index (χ2n) is 7.10. The monoisotopic (exact) mass is 463 g/mol. The lowest BCUT2D eigenvalue weighted by atomic mass is 10.1. The zero-order chi connectivity index (χ0) is 23.6. The number of hydrogen-bond acceptors (Lipinski definition) is 8. The largest absolute Gasteiger partial charge is 0.748 e. The maximum atomic E-state index is 12.2. The van der Waals surface area contributed by atoms with Crippen LogP contribution in [0.5, 0.6) is 5.75 Å². The summed E-state index contributed by atoms with van der Waals surface area (Å²) < 4.78 is 38.4. The number of anilines is 1. The van der Waals surface area contributed by atoms with E-state index in [1.165, 1.54) is 4.90 Å². The molecule has 0 aromatic heterocycles. The van der Waals surface area contributed by atoms with Gasteiger partial charge in [-0.25, -0.2) is 8.42 Å². The number of imide groups is 1. The van der Waals surface area contributed by atoms with E-state index in [9.17, 15) is 9.59 Å². The minimum absolute atomic E-state index is 0.237. The van der Waals surface area contributed by atoms with E-state index in [4.69, 9.17) is 28.2 Å². The van der Waals surface area contributed by atoms with Crippen LogP contribution < -0.4 is 10.5 Å². The van der Waals surface area contributed by atoms with Gasteiger partial charge < -0.3 is 19.8 Å². The van der Waals surface area contributed by atoms with Gasteiger partial charge in [-0.05, 0) is 55.7 Å². The number of fused-ring (bicyclic) bond motifs is 1. The van der Waals surface area contributed by atoms with Gasteiger partial charge >= 0.3 is 0 Å². The fourth-order valence-electron chi connectivity index (χ4n) is 2.94. The molecule has 32 heavy (non-hydrogen) atoms. The zero-order valence-electron chi connectivity index (χ0n) is 17.9. The number of carbonyl (C=O) groups excluding carboxylic acids is 2. The molecule has 0 aliphatic carbocycles. The summed E-state index contributed by atoms with van der Waals surface area (Å²) in [4.78, 5) is 25.7. The molecular weight excluding hydrogens is 436 g/mol. The molecule has 1 aliphatic heterocycles. The van der Waals surface area contributed by atoms with Crippen molar-refractivity contribution in [2.24, 2.45) is 0 Å². The number of benzene rings is 2. The van der Waals surface area contributed by atoms with Crippen molar-refractivity contribution in [2.75, 3.05) is 38.4 Å². The number of nitrogen functional groups attached to an aromatic ring is 1. The van der Waals surface area contributed by atoms with E-state index in [0.717, 1.165) is 30.7 Å². The molecule has 9 nitrogen and oxygen atoms in total. The Labute approximate surface area is 187 Å². The highest BCUT2D eigenvalue weighted by atomic mass is 32.2. The van der Waals surface area contributed by atoms with Crippen LogP contribution in [0.15, 0.2) is 48.5 Å². The van der Waals surface area contributed by atoms with Crippen molar-refractivity contribution in [1.29, 1.82) is 0 Å². The average Bonchev–Trinajstić information content (AvgIpc) is 2.97. The molecule has 0 bridgehead atoms. The lowest BCUT2D eigenvalue weighted by Crippen LogP contribution is -2.33. The zero-order valence-corrected chi connectivity index (χ0v) is 18.7. The molecule has 2 amide bonds. The Morgan fingerprint density at radius 3 is 1.97 bits per heavy atom. The van der Waals surface area contributed by atoms with Crippen molar-refractivity contribution < 1.29 is 32.0 Å². The third-order valence-corrected chi connectivity index (χ3v) is 4.42. The number of carbonyl (C=O) groups is 2. The SMILES string of the molecule is CS(=O)(=O)[O-].Nc1ccc(OCCCCCOCCN2C(=O)c3ccccc3C2=O)cc1. The number of hydrogen-bond donors (Lipinski definition) is 1. The van der Waals surface area contributed by atoms with Crippen molar-refractivity contribution in [2.45, 2.75) is 19.3 Å². The normalized spacial score (nSPS) is 12.9. The van der Waals surface area contributed by atoms with Crippen LogP contribution in [0.1, 0.15) is 40.0 Å². The molecule has 0 spiro atoms. The molecule has 0 unspecified atom stereocenters. The fourth-order valence-corrected chi connectivity index (χ4v) is 2.94. The quantitative estimate of drug-likeness (QED) is 0.245. The minimum atomic E-state index is -3.92. The topological polar surface area (TPSA) is 139 Å². The maximum absolute atomic E-state index is 12.2. The van der Waals surface area contributed by atoms with Crippen LogP contribution in [0.4, 0.5) is 5.69 Å². The first kappa shape index (κ1) is 25.3. The number of unbranched alkanes of at least 4 members (excludes halogenated alkanes) is 2. The maximum Gasteiger partial charge on any atom is 0.261 e. The lowest BCUT2D eigenvalue weighted by Gasteiger charge is -2.13. The summed E-state index contributed by atoms with van der Waals surface area (Å²) >= 11 is 0. The Balaban J connectivity index is 0.000000654. The van der Waals surface area contributed by atoms with Gasteiger partial charge in [0.1, 0.15) is 5.75 Å². The van der Waals surface area contributed by atoms with Gasteiger partial charge in [-0.15, -0.1) is 0 Å². The van der Waals surface area contributed by atoms with E-state index in [2.05, 4.69) is 0 Å². The molecule has 1 heterocycles. The molecule has 0 atom stereocenters. The molecule has 2 aromatic rings. The number of nitrogens with zero attached hydrogens (tertiary/aromatic N) is 1. The molecule has 3 rings (SSSR count). The summed E-state index contributed by atoms with van der Waals surface area (Å²) in [5.74, 6) is 0.347. The van der Waals surface area contributed by atoms with Crippen LogP contribution in [0.2, 0.25) is 0 Å². The van der Waals surface area contributed by atoms with Gasteiger partial charge in [0.15, 0.2) is 0 Å². The van der Waals surface area contributed by atoms with E-state index >= 15 is 0 Å². The number of nitrogens with two attached hydrogens (primary N) is 1. The van der Waals surface area contributed by atoms with Crippen LogP contribution in [-0.2, 0) is 14.9 Å². The highest BCUT2D eigenvalue weighted by Crippen LogP contribution is 2.21. The summed E-state index contributed by atoms with van der Waals surface area (Å²) in [6.45, 7) is 1.89. The number of ether oxygens (including phenoxy) is 2. The summed E-state index contributed by atoms with van der Waals surface area (Å²) in [6, 6.07) is 14.2. The Kier molecular flexibility index (Phi) is 9.63. The lowest BCUT2D eigenvalue weighted by molar-refractivity contribution is 0.0559. The Hall–Kier alpha value is -2.95. The second-order valence-corrected chi connectivity index (χ2v) is 8.51. The molecule has 10 heteroatoms. The first-order valence-electron chi connectivity index (χ1n) is 10.1. The third-order valence-electron chi connectivity index (χ3n) is 4.42. The Morgan fingerprint density at radius 1 is 0.875 bits per heavy atom. The van der Waals surface area contributed by atoms with Crippen molar-refractivity contribution in [3.05, 3.63) is 59.7 Å². The van der Waals surface area contributed by atoms with E-state index < -0.39 is 10.1 Å². The third kappa shape index (κ3) is 8.66. The van der Waals surface area contributed by atoms with Gasteiger partial charge in [0.05, 0.1) is 41.0 Å². The van der Waals surface area contributed by atoms with E-state index in [-0.39, 0.29) is 18.4 Å². The van der Waals surface area contributed by atoms with E-state index in [0.29, 0.717) is 37.2 Å². The van der Waals surface area contributed by atoms with Crippen molar-refractivity contribution in [1.82, 2.24) is 4.90 Å². The van der Waals surface area contributed by atoms with Gasteiger partial charge in [0.25, 0.3) is 11.8 Å². The average molecular weight is 464 g/mol. The van der Waals surface area contributed by atoms with E-state index in [1.807, 2.05) is 24.3 Å². The van der Waals surface area contributed by atoms with Crippen molar-refractivity contribution >= 4 is 27.6 Å². The van der Waals surface area contributed by atoms with Crippen LogP contribution in [0.3, 0.4) is 0 Å². The van der Waals surface area contributed by atoms with Crippen LogP contribution in [-0.4, -0.2) is 62.3 Å². The van der Waals surface area contributed by atoms with Gasteiger partial charge in [-0.1, -0.05) is 12.1 Å². The highest BCUT2D eigenvalue weighted by Gasteiger charge is 2.34. The van der Waals surface area contributed by atoms with Gasteiger partial charge in [-0.2, -0.15) is 0 Å². The first-order chi connectivity index (χ1) is 15.2. The van der Waals surface area contributed by atoms with Gasteiger partial charge in [0, 0.05) is 18.6 Å². The fraction of sp³-hybridized carbons (Fsp3) is 0.364. The highest BCUT2D eigenvalue weighted by molar-refractivity contribution is 7.84. The molecule has 0 radical (unpaired) electrons. The number of amides is 2. The van der Waals surface area contributed by atoms with Crippen LogP contribution in [0.25, 0.3) is 0 Å². The second kappa shape index (κ2) is 12.2. The molecule has 2 aromatic carbocycles. The van der Waals surface area contributed by atoms with Crippen LogP contribution in [0, 0.1) is 0 Å². The minimum Gasteiger partial charge on any atom is -0.748 e. The molecule has 0 fully saturated rings. The predicted molar refractivity (Wildman–Crippen MR) is 118 cm³/mol. The standard InChI is InChI=1S/C21H24N2O4.CH4O3S/c22-16-8-10-17(11-9-16)27-14-5-1-4-13-26-15-12-23-20(24)18-6-2-3-7-19(18)21(23)25;1-5(2,3)4/h2-3,6-11H,1,4-5,12-15,22H2;1H3,(H,2,3,4)/p-1. The van der Waals surface area contributed by atoms with E-state index in [1.54, 1.807) is 24.3 Å². The number of rotatable bonds is 10. The molecule has 1 aliphatic rings. The molecule has 0 saturated heterocycles. The van der Waals surface area contributed by atoms with Crippen molar-refractivity contribution in [3.8, 4) is 5.75 Å². The molecule has 174 valence electrons. The predicted octanol–water partition coefficient (Wildman–Crippen LogP) is 2.29. The van der Waals surface area contributed by atoms with Gasteiger partial charge in [-0.3, -0.25) is 14.5 Å². The smallest absolute Gasteiger partial charge is 0.261 e. The summed E-state index contributed by atoms with van der Waals surface area (Å²) in [6.07, 6.45) is 3.44. The summed E-state index contributed by atoms with van der Waals surface area (Å²) in [5.41, 5.74) is 7.30.